The number of carbonyl (C=O) groups excluding carboxylic acids is 2. The van der Waals surface area contributed by atoms with Crippen LogP contribution < -0.4 is 19.1 Å². The summed E-state index contributed by atoms with van der Waals surface area (Å²) in [5, 5.41) is 3.01. The molecule has 3 rings (SSSR count). The molecular weight excluding hydrogens is 622 g/mol. The lowest BCUT2D eigenvalue weighted by Gasteiger charge is -2.35. The van der Waals surface area contributed by atoms with E-state index < -0.39 is 34.1 Å². The van der Waals surface area contributed by atoms with Gasteiger partial charge in [0, 0.05) is 29.0 Å². The number of benzene rings is 3. The standard InChI is InChI=1S/C31H38BrN3O6S/c1-31(2,3)33-30(37)26(18-22-11-8-7-9-12-22)34(20-23-13-10-14-24(32)17-23)29(36)21-35(42(6,38)39)25-15-16-27(40-4)28(19-25)41-5/h7-17,19,26H,18,20-21H2,1-6H3,(H,33,37)/t26-/m1/s1. The van der Waals surface area contributed by atoms with E-state index in [1.54, 1.807) is 12.1 Å². The molecule has 2 amide bonds. The molecule has 1 N–H and O–H groups in total. The van der Waals surface area contributed by atoms with Gasteiger partial charge in [-0.2, -0.15) is 0 Å². The van der Waals surface area contributed by atoms with Crippen molar-refractivity contribution >= 4 is 43.5 Å². The molecule has 42 heavy (non-hydrogen) atoms. The third kappa shape index (κ3) is 9.22. The summed E-state index contributed by atoms with van der Waals surface area (Å²) in [5.74, 6) is -0.153. The molecule has 0 aliphatic carbocycles. The molecule has 3 aromatic carbocycles. The van der Waals surface area contributed by atoms with Crippen LogP contribution >= 0.6 is 15.9 Å². The molecule has 0 aromatic heterocycles. The van der Waals surface area contributed by atoms with E-state index in [1.165, 1.54) is 25.2 Å². The van der Waals surface area contributed by atoms with Gasteiger partial charge in [-0.05, 0) is 56.2 Å². The first-order valence-electron chi connectivity index (χ1n) is 13.3. The number of amides is 2. The van der Waals surface area contributed by atoms with Crippen LogP contribution in [0.15, 0.2) is 77.3 Å². The quantitative estimate of drug-likeness (QED) is 0.300. The second-order valence-electron chi connectivity index (χ2n) is 10.9. The molecule has 0 radical (unpaired) electrons. The van der Waals surface area contributed by atoms with Crippen LogP contribution in [0.4, 0.5) is 5.69 Å². The number of anilines is 1. The van der Waals surface area contributed by atoms with Gasteiger partial charge in [-0.3, -0.25) is 13.9 Å². The van der Waals surface area contributed by atoms with Gasteiger partial charge in [0.1, 0.15) is 12.6 Å². The Balaban J connectivity index is 2.10. The van der Waals surface area contributed by atoms with Crippen LogP contribution in [0.2, 0.25) is 0 Å². The van der Waals surface area contributed by atoms with Gasteiger partial charge in [0.25, 0.3) is 0 Å². The Morgan fingerprint density at radius 2 is 1.55 bits per heavy atom. The fraction of sp³-hybridized carbons (Fsp3) is 0.355. The molecule has 0 aliphatic heterocycles. The monoisotopic (exact) mass is 659 g/mol. The van der Waals surface area contributed by atoms with Crippen molar-refractivity contribution in [2.45, 2.75) is 45.3 Å². The van der Waals surface area contributed by atoms with Gasteiger partial charge in [-0.25, -0.2) is 8.42 Å². The Hall–Kier alpha value is -3.57. The van der Waals surface area contributed by atoms with Crippen LogP contribution in [0.5, 0.6) is 11.5 Å². The highest BCUT2D eigenvalue weighted by atomic mass is 79.9. The van der Waals surface area contributed by atoms with Crippen molar-refractivity contribution in [2.24, 2.45) is 0 Å². The zero-order chi connectivity index (χ0) is 31.1. The SMILES string of the molecule is COc1ccc(N(CC(=O)N(Cc2cccc(Br)c2)[C@H](Cc2ccccc2)C(=O)NC(C)(C)C)S(C)(=O)=O)cc1OC. The van der Waals surface area contributed by atoms with Crippen LogP contribution in [-0.4, -0.2) is 63.7 Å². The van der Waals surface area contributed by atoms with Crippen LogP contribution in [0, 0.1) is 0 Å². The maximum atomic E-state index is 14.2. The zero-order valence-corrected chi connectivity index (χ0v) is 27.2. The van der Waals surface area contributed by atoms with Crippen molar-refractivity contribution in [1.82, 2.24) is 10.2 Å². The number of sulfonamides is 1. The van der Waals surface area contributed by atoms with E-state index in [9.17, 15) is 18.0 Å². The predicted molar refractivity (Wildman–Crippen MR) is 168 cm³/mol. The number of rotatable bonds is 12. The van der Waals surface area contributed by atoms with E-state index in [2.05, 4.69) is 21.2 Å². The van der Waals surface area contributed by atoms with Gasteiger partial charge in [0.2, 0.25) is 21.8 Å². The number of methoxy groups -OCH3 is 2. The van der Waals surface area contributed by atoms with Crippen molar-refractivity contribution in [3.05, 3.63) is 88.4 Å². The van der Waals surface area contributed by atoms with Gasteiger partial charge < -0.3 is 19.7 Å². The van der Waals surface area contributed by atoms with Crippen LogP contribution in [0.3, 0.4) is 0 Å². The van der Waals surface area contributed by atoms with Crippen molar-refractivity contribution in [1.29, 1.82) is 0 Å². The third-order valence-corrected chi connectivity index (χ3v) is 7.98. The second-order valence-corrected chi connectivity index (χ2v) is 13.7. The highest BCUT2D eigenvalue weighted by Crippen LogP contribution is 2.32. The molecule has 0 spiro atoms. The Kier molecular flexibility index (Phi) is 11.0. The molecule has 3 aromatic rings. The summed E-state index contributed by atoms with van der Waals surface area (Å²) >= 11 is 3.48. The molecular formula is C31H38BrN3O6S. The van der Waals surface area contributed by atoms with E-state index in [0.717, 1.165) is 26.2 Å². The number of hydrogen-bond donors (Lipinski definition) is 1. The highest BCUT2D eigenvalue weighted by molar-refractivity contribution is 9.10. The smallest absolute Gasteiger partial charge is 0.244 e. The van der Waals surface area contributed by atoms with E-state index in [1.807, 2.05) is 75.4 Å². The number of nitrogens with zero attached hydrogens (tertiary/aromatic N) is 2. The van der Waals surface area contributed by atoms with Crippen LogP contribution in [0.1, 0.15) is 31.9 Å². The minimum Gasteiger partial charge on any atom is -0.493 e. The van der Waals surface area contributed by atoms with Gasteiger partial charge in [0.05, 0.1) is 26.2 Å². The van der Waals surface area contributed by atoms with E-state index in [4.69, 9.17) is 9.47 Å². The summed E-state index contributed by atoms with van der Waals surface area (Å²) in [6.45, 7) is 5.15. The summed E-state index contributed by atoms with van der Waals surface area (Å²) in [4.78, 5) is 29.5. The first kappa shape index (κ1) is 32.9. The van der Waals surface area contributed by atoms with E-state index in [0.29, 0.717) is 11.5 Å². The minimum absolute atomic E-state index is 0.0802. The molecule has 0 fully saturated rings. The summed E-state index contributed by atoms with van der Waals surface area (Å²) in [7, 11) is -1.00. The Morgan fingerprint density at radius 1 is 0.905 bits per heavy atom. The lowest BCUT2D eigenvalue weighted by atomic mass is 10.0. The summed E-state index contributed by atoms with van der Waals surface area (Å²) in [6.07, 6.45) is 1.27. The van der Waals surface area contributed by atoms with Gasteiger partial charge >= 0.3 is 0 Å². The third-order valence-electron chi connectivity index (χ3n) is 6.35. The number of nitrogens with one attached hydrogen (secondary N) is 1. The highest BCUT2D eigenvalue weighted by Gasteiger charge is 2.34. The van der Waals surface area contributed by atoms with Crippen LogP contribution in [-0.2, 0) is 32.6 Å². The van der Waals surface area contributed by atoms with Crippen molar-refractivity contribution in [3.8, 4) is 11.5 Å². The lowest BCUT2D eigenvalue weighted by molar-refractivity contribution is -0.140. The number of halogens is 1. The van der Waals surface area contributed by atoms with Gasteiger partial charge in [-0.15, -0.1) is 0 Å². The molecule has 0 saturated carbocycles. The molecule has 226 valence electrons. The topological polar surface area (TPSA) is 105 Å². The Bertz CT molecular complexity index is 1490. The first-order chi connectivity index (χ1) is 19.7. The minimum atomic E-state index is -3.92. The lowest BCUT2D eigenvalue weighted by Crippen LogP contribution is -2.56. The predicted octanol–water partition coefficient (Wildman–Crippen LogP) is 4.79. The van der Waals surface area contributed by atoms with E-state index in [-0.39, 0.29) is 24.6 Å². The Morgan fingerprint density at radius 3 is 2.12 bits per heavy atom. The molecule has 11 heteroatoms. The average Bonchev–Trinajstić information content (AvgIpc) is 2.92. The molecule has 0 bridgehead atoms. The molecule has 1 atom stereocenters. The van der Waals surface area contributed by atoms with Crippen molar-refractivity contribution in [3.63, 3.8) is 0 Å². The van der Waals surface area contributed by atoms with Crippen LogP contribution in [0.25, 0.3) is 0 Å². The van der Waals surface area contributed by atoms with Gasteiger partial charge in [-0.1, -0.05) is 58.4 Å². The van der Waals surface area contributed by atoms with E-state index >= 15 is 0 Å². The largest absolute Gasteiger partial charge is 0.493 e. The summed E-state index contributed by atoms with van der Waals surface area (Å²) in [5.41, 5.74) is 1.30. The van der Waals surface area contributed by atoms with Gasteiger partial charge in [0.15, 0.2) is 11.5 Å². The fourth-order valence-corrected chi connectivity index (χ4v) is 5.72. The normalized spacial score (nSPS) is 12.3. The zero-order valence-electron chi connectivity index (χ0n) is 24.8. The second kappa shape index (κ2) is 14.1. The molecule has 9 nitrogen and oxygen atoms in total. The average molecular weight is 661 g/mol. The number of hydrogen-bond acceptors (Lipinski definition) is 6. The first-order valence-corrected chi connectivity index (χ1v) is 16.0. The summed E-state index contributed by atoms with van der Waals surface area (Å²) < 4.78 is 38.5. The fourth-order valence-electron chi connectivity index (χ4n) is 4.43. The molecule has 0 unspecified atom stereocenters. The maximum absolute atomic E-state index is 14.2. The van der Waals surface area contributed by atoms with Crippen molar-refractivity contribution in [2.75, 3.05) is 31.3 Å². The molecule has 0 saturated heterocycles. The number of carbonyl (C=O) groups is 2. The number of ether oxygens (including phenoxy) is 2. The Labute approximate surface area is 257 Å². The molecule has 0 heterocycles. The van der Waals surface area contributed by atoms with Crippen molar-refractivity contribution < 1.29 is 27.5 Å². The maximum Gasteiger partial charge on any atom is 0.244 e. The molecule has 0 aliphatic rings. The summed E-state index contributed by atoms with van der Waals surface area (Å²) in [6, 6.07) is 20.5.